The molecule has 0 spiro atoms. The number of rotatable bonds is 0. The van der Waals surface area contributed by atoms with Crippen LogP contribution in [0.5, 0.6) is 0 Å². The van der Waals surface area contributed by atoms with Crippen LogP contribution >= 0.6 is 0 Å². The number of carbonyl (C=O) groups excluding carboxylic acids is 4. The fourth-order valence-electron chi connectivity index (χ4n) is 7.00. The molecule has 0 aromatic carbocycles. The van der Waals surface area contributed by atoms with Crippen LogP contribution < -0.4 is 0 Å². The molecule has 5 rings (SSSR count). The summed E-state index contributed by atoms with van der Waals surface area (Å²) in [6.07, 6.45) is 5.26. The highest BCUT2D eigenvalue weighted by Gasteiger charge is 2.68. The molecule has 0 amide bonds. The first-order chi connectivity index (χ1) is 10.6. The van der Waals surface area contributed by atoms with E-state index in [0.717, 1.165) is 38.5 Å². The molecule has 0 aromatic rings. The van der Waals surface area contributed by atoms with E-state index in [1.807, 2.05) is 0 Å². The van der Waals surface area contributed by atoms with Crippen LogP contribution in [-0.4, -0.2) is 23.1 Å². The van der Waals surface area contributed by atoms with E-state index < -0.39 is 0 Å². The third kappa shape index (κ3) is 1.31. The lowest BCUT2D eigenvalue weighted by Crippen LogP contribution is -2.50. The smallest absolute Gasteiger partial charge is 0.202 e. The summed E-state index contributed by atoms with van der Waals surface area (Å²) in [5, 5.41) is 0. The predicted molar refractivity (Wildman–Crippen MR) is 75.7 cm³/mol. The molecule has 8 atom stereocenters. The van der Waals surface area contributed by atoms with Crippen LogP contribution in [-0.2, 0) is 19.2 Å². The van der Waals surface area contributed by atoms with Crippen LogP contribution in [0.2, 0.25) is 0 Å². The molecule has 0 saturated heterocycles. The number of carbonyl (C=O) groups is 4. The molecular weight excluding hydrogens is 280 g/mol. The van der Waals surface area contributed by atoms with Gasteiger partial charge < -0.3 is 0 Å². The van der Waals surface area contributed by atoms with Gasteiger partial charge in [-0.15, -0.1) is 0 Å². The number of hydrogen-bond donors (Lipinski definition) is 0. The molecule has 22 heavy (non-hydrogen) atoms. The Bertz CT molecular complexity index is 567. The van der Waals surface area contributed by atoms with Crippen molar-refractivity contribution in [1.29, 1.82) is 0 Å². The van der Waals surface area contributed by atoms with Crippen LogP contribution in [0, 0.1) is 47.3 Å². The molecule has 0 radical (unpaired) electrons. The molecule has 116 valence electrons. The van der Waals surface area contributed by atoms with Gasteiger partial charge in [0.05, 0.1) is 0 Å². The molecule has 5 aliphatic carbocycles. The van der Waals surface area contributed by atoms with Crippen molar-refractivity contribution in [3.05, 3.63) is 0 Å². The minimum atomic E-state index is -0.175. The van der Waals surface area contributed by atoms with E-state index in [2.05, 4.69) is 0 Å². The summed E-state index contributed by atoms with van der Waals surface area (Å²) in [6, 6.07) is 0. The van der Waals surface area contributed by atoms with Crippen LogP contribution in [0.4, 0.5) is 0 Å². The third-order valence-corrected chi connectivity index (χ3v) is 7.54. The average molecular weight is 300 g/mol. The van der Waals surface area contributed by atoms with Gasteiger partial charge >= 0.3 is 0 Å². The van der Waals surface area contributed by atoms with E-state index in [9.17, 15) is 19.2 Å². The van der Waals surface area contributed by atoms with Crippen molar-refractivity contribution in [2.24, 2.45) is 47.3 Å². The fourth-order valence-corrected chi connectivity index (χ4v) is 7.00. The first-order valence-electron chi connectivity index (χ1n) is 8.77. The summed E-state index contributed by atoms with van der Waals surface area (Å²) < 4.78 is 0. The van der Waals surface area contributed by atoms with Crippen molar-refractivity contribution in [3.8, 4) is 0 Å². The molecule has 0 aromatic heterocycles. The monoisotopic (exact) mass is 300 g/mol. The highest BCUT2D eigenvalue weighted by Crippen LogP contribution is 2.63. The molecule has 4 heteroatoms. The number of hydrogen-bond acceptors (Lipinski definition) is 4. The van der Waals surface area contributed by atoms with E-state index in [1.165, 1.54) is 0 Å². The lowest BCUT2D eigenvalue weighted by molar-refractivity contribution is -0.141. The van der Waals surface area contributed by atoms with Crippen molar-refractivity contribution >= 4 is 23.1 Å². The van der Waals surface area contributed by atoms with Crippen LogP contribution in [0.3, 0.4) is 0 Å². The maximum Gasteiger partial charge on any atom is 0.202 e. The Balaban J connectivity index is 1.68. The normalized spacial score (nSPS) is 52.7. The Kier molecular flexibility index (Phi) is 2.48. The topological polar surface area (TPSA) is 68.3 Å². The van der Waals surface area contributed by atoms with Crippen LogP contribution in [0.1, 0.15) is 38.5 Å². The summed E-state index contributed by atoms with van der Waals surface area (Å²) in [6.45, 7) is 0. The second kappa shape index (κ2) is 4.15. The van der Waals surface area contributed by atoms with E-state index >= 15 is 0 Å². The summed E-state index contributed by atoms with van der Waals surface area (Å²) in [5.74, 6) is -0.975. The highest BCUT2D eigenvalue weighted by molar-refractivity contribution is 6.42. The highest BCUT2D eigenvalue weighted by atomic mass is 16.2. The first kappa shape index (κ1) is 13.1. The van der Waals surface area contributed by atoms with Gasteiger partial charge in [-0.25, -0.2) is 0 Å². The number of Topliss-reactive ketones (excluding diaryl/α,β-unsaturated/α-hetero) is 4. The summed E-state index contributed by atoms with van der Waals surface area (Å²) >= 11 is 0. The van der Waals surface area contributed by atoms with E-state index in [4.69, 9.17) is 0 Å². The van der Waals surface area contributed by atoms with Gasteiger partial charge in [0, 0.05) is 23.7 Å². The minimum Gasteiger partial charge on any atom is -0.291 e. The molecule has 0 heterocycles. The van der Waals surface area contributed by atoms with Gasteiger partial charge in [0.25, 0.3) is 0 Å². The maximum atomic E-state index is 12.6. The molecule has 5 saturated carbocycles. The lowest BCUT2D eigenvalue weighted by atomic mass is 9.51. The van der Waals surface area contributed by atoms with Crippen LogP contribution in [0.25, 0.3) is 0 Å². The molecule has 0 aliphatic heterocycles. The van der Waals surface area contributed by atoms with E-state index in [-0.39, 0.29) is 70.5 Å². The quantitative estimate of drug-likeness (QED) is 0.637. The predicted octanol–water partition coefficient (Wildman–Crippen LogP) is 1.60. The molecular formula is C18H20O4. The third-order valence-electron chi connectivity index (χ3n) is 7.54. The second-order valence-corrected chi connectivity index (χ2v) is 8.07. The van der Waals surface area contributed by atoms with Crippen molar-refractivity contribution in [2.45, 2.75) is 38.5 Å². The average Bonchev–Trinajstić information content (AvgIpc) is 2.94. The maximum absolute atomic E-state index is 12.6. The molecule has 5 fully saturated rings. The van der Waals surface area contributed by atoms with E-state index in [1.54, 1.807) is 0 Å². The van der Waals surface area contributed by atoms with Crippen molar-refractivity contribution in [3.63, 3.8) is 0 Å². The standard InChI is InChI=1S/C18H20O4/c19-15-9-5-1-3-7-11(9)14(18(15)22)8-4-2-6-10-12(8)13(7)17(21)16(10)20/h7-14H,1-6H2. The zero-order chi connectivity index (χ0) is 15.2. The Hall–Kier alpha value is -1.32. The largest absolute Gasteiger partial charge is 0.291 e. The van der Waals surface area contributed by atoms with Gasteiger partial charge in [-0.1, -0.05) is 12.8 Å². The Labute approximate surface area is 129 Å². The Morgan fingerprint density at radius 3 is 1.36 bits per heavy atom. The zero-order valence-corrected chi connectivity index (χ0v) is 12.5. The molecule has 8 unspecified atom stereocenters. The van der Waals surface area contributed by atoms with Gasteiger partial charge in [0.2, 0.25) is 23.1 Å². The van der Waals surface area contributed by atoms with Gasteiger partial charge in [-0.3, -0.25) is 19.2 Å². The summed E-state index contributed by atoms with van der Waals surface area (Å²) in [7, 11) is 0. The van der Waals surface area contributed by atoms with Gasteiger partial charge in [0.15, 0.2) is 0 Å². The number of fused-ring (bicyclic) bond motifs is 2. The first-order valence-corrected chi connectivity index (χ1v) is 8.77. The van der Waals surface area contributed by atoms with Crippen molar-refractivity contribution in [2.75, 3.05) is 0 Å². The van der Waals surface area contributed by atoms with E-state index in [0.29, 0.717) is 0 Å². The lowest BCUT2D eigenvalue weighted by Gasteiger charge is -2.51. The second-order valence-electron chi connectivity index (χ2n) is 8.07. The summed E-state index contributed by atoms with van der Waals surface area (Å²) in [5.41, 5.74) is 0. The summed E-state index contributed by atoms with van der Waals surface area (Å²) in [4.78, 5) is 50.0. The minimum absolute atomic E-state index is 0.0635. The van der Waals surface area contributed by atoms with Crippen molar-refractivity contribution < 1.29 is 19.2 Å². The van der Waals surface area contributed by atoms with Gasteiger partial charge in [-0.2, -0.15) is 0 Å². The molecule has 0 N–H and O–H groups in total. The van der Waals surface area contributed by atoms with Crippen molar-refractivity contribution in [1.82, 2.24) is 0 Å². The zero-order valence-electron chi connectivity index (χ0n) is 12.5. The molecule has 5 aliphatic rings. The van der Waals surface area contributed by atoms with Gasteiger partial charge in [-0.05, 0) is 49.4 Å². The Morgan fingerprint density at radius 1 is 0.545 bits per heavy atom. The Morgan fingerprint density at radius 2 is 0.955 bits per heavy atom. The van der Waals surface area contributed by atoms with Crippen LogP contribution in [0.15, 0.2) is 0 Å². The fraction of sp³-hybridized carbons (Fsp3) is 0.778. The SMILES string of the molecule is O=C1C(=O)C2C3CCCC4C(=O)C(=O)C(C5CCCC1C52)C43. The molecule has 4 nitrogen and oxygen atoms in total. The number of ketones is 4. The van der Waals surface area contributed by atoms with Gasteiger partial charge in [0.1, 0.15) is 0 Å². The molecule has 0 bridgehead atoms.